The lowest BCUT2D eigenvalue weighted by atomic mass is 10.1. The molecule has 0 atom stereocenters. The predicted molar refractivity (Wildman–Crippen MR) is 104 cm³/mol. The zero-order valence-electron chi connectivity index (χ0n) is 15.3. The molecule has 0 bridgehead atoms. The van der Waals surface area contributed by atoms with Crippen LogP contribution >= 0.6 is 11.6 Å². The third-order valence-corrected chi connectivity index (χ3v) is 6.59. The van der Waals surface area contributed by atoms with Crippen LogP contribution in [0, 0.1) is 13.8 Å². The Labute approximate surface area is 163 Å². The first-order chi connectivity index (χ1) is 12.8. The maximum atomic E-state index is 12.7. The van der Waals surface area contributed by atoms with Crippen molar-refractivity contribution in [1.82, 2.24) is 14.4 Å². The number of rotatable bonds is 6. The molecular formula is C19H20ClN3O3S. The van der Waals surface area contributed by atoms with Crippen molar-refractivity contribution in [3.63, 3.8) is 0 Å². The minimum atomic E-state index is -3.57. The second kappa shape index (κ2) is 7.80. The van der Waals surface area contributed by atoms with E-state index in [4.69, 9.17) is 16.1 Å². The van der Waals surface area contributed by atoms with Gasteiger partial charge in [-0.05, 0) is 49.2 Å². The number of nitrogens with zero attached hydrogens (tertiary/aromatic N) is 3. The van der Waals surface area contributed by atoms with Gasteiger partial charge in [0.1, 0.15) is 0 Å². The summed E-state index contributed by atoms with van der Waals surface area (Å²) in [5.41, 5.74) is 2.64. The summed E-state index contributed by atoms with van der Waals surface area (Å²) < 4.78 is 32.0. The lowest BCUT2D eigenvalue weighted by Gasteiger charge is -2.17. The van der Waals surface area contributed by atoms with E-state index < -0.39 is 10.0 Å². The van der Waals surface area contributed by atoms with Crippen molar-refractivity contribution < 1.29 is 12.9 Å². The quantitative estimate of drug-likeness (QED) is 0.622. The van der Waals surface area contributed by atoms with Crippen molar-refractivity contribution >= 4 is 21.6 Å². The molecule has 142 valence electrons. The van der Waals surface area contributed by atoms with E-state index in [2.05, 4.69) is 10.1 Å². The summed E-state index contributed by atoms with van der Waals surface area (Å²) in [4.78, 5) is 4.59. The van der Waals surface area contributed by atoms with Crippen LogP contribution in [0.25, 0.3) is 11.5 Å². The summed E-state index contributed by atoms with van der Waals surface area (Å²) in [6.07, 6.45) is 0.328. The number of aromatic nitrogens is 2. The standard InChI is InChI=1S/C19H20ClN3O3S/c1-13-8-9-15(12-14(13)2)27(24,25)23(3)11-10-18-21-19(26-22-18)16-6-4-5-7-17(16)20/h4-9,12H,10-11H2,1-3H3. The zero-order valence-corrected chi connectivity index (χ0v) is 16.9. The topological polar surface area (TPSA) is 76.3 Å². The van der Waals surface area contributed by atoms with Crippen molar-refractivity contribution in [3.8, 4) is 11.5 Å². The Morgan fingerprint density at radius 3 is 2.56 bits per heavy atom. The van der Waals surface area contributed by atoms with E-state index in [0.29, 0.717) is 28.7 Å². The average molecular weight is 406 g/mol. The van der Waals surface area contributed by atoms with Crippen LogP contribution < -0.4 is 0 Å². The van der Waals surface area contributed by atoms with Gasteiger partial charge < -0.3 is 4.52 Å². The molecule has 1 aromatic heterocycles. The summed E-state index contributed by atoms with van der Waals surface area (Å²) >= 11 is 6.13. The van der Waals surface area contributed by atoms with E-state index >= 15 is 0 Å². The number of sulfonamides is 1. The van der Waals surface area contributed by atoms with Gasteiger partial charge in [0.05, 0.1) is 15.5 Å². The summed E-state index contributed by atoms with van der Waals surface area (Å²) in [6.45, 7) is 4.07. The largest absolute Gasteiger partial charge is 0.334 e. The number of aryl methyl sites for hydroxylation is 2. The van der Waals surface area contributed by atoms with Gasteiger partial charge in [-0.2, -0.15) is 4.98 Å². The predicted octanol–water partition coefficient (Wildman–Crippen LogP) is 3.87. The van der Waals surface area contributed by atoms with E-state index in [-0.39, 0.29) is 11.4 Å². The van der Waals surface area contributed by atoms with Crippen LogP contribution in [0.1, 0.15) is 17.0 Å². The van der Waals surface area contributed by atoms with Gasteiger partial charge in [-0.15, -0.1) is 0 Å². The molecule has 0 aliphatic heterocycles. The van der Waals surface area contributed by atoms with Gasteiger partial charge >= 0.3 is 0 Å². The van der Waals surface area contributed by atoms with E-state index in [0.717, 1.165) is 11.1 Å². The van der Waals surface area contributed by atoms with Gasteiger partial charge in [-0.3, -0.25) is 0 Å². The van der Waals surface area contributed by atoms with Crippen LogP contribution in [0.4, 0.5) is 0 Å². The van der Waals surface area contributed by atoms with Gasteiger partial charge in [-0.25, -0.2) is 12.7 Å². The molecule has 0 N–H and O–H groups in total. The molecule has 2 aromatic carbocycles. The Morgan fingerprint density at radius 2 is 1.85 bits per heavy atom. The Bertz CT molecular complexity index is 1060. The van der Waals surface area contributed by atoms with Crippen LogP contribution in [-0.2, 0) is 16.4 Å². The van der Waals surface area contributed by atoms with Crippen molar-refractivity contribution in [1.29, 1.82) is 0 Å². The maximum Gasteiger partial charge on any atom is 0.259 e. The number of benzene rings is 2. The molecule has 1 heterocycles. The van der Waals surface area contributed by atoms with Crippen molar-refractivity contribution in [2.45, 2.75) is 25.2 Å². The number of likely N-dealkylation sites (N-methyl/N-ethyl adjacent to an activating group) is 1. The third-order valence-electron chi connectivity index (χ3n) is 4.41. The minimum Gasteiger partial charge on any atom is -0.334 e. The second-order valence-corrected chi connectivity index (χ2v) is 8.77. The van der Waals surface area contributed by atoms with Crippen LogP contribution in [0.15, 0.2) is 51.9 Å². The highest BCUT2D eigenvalue weighted by Crippen LogP contribution is 2.26. The maximum absolute atomic E-state index is 12.7. The molecule has 3 aromatic rings. The third kappa shape index (κ3) is 4.21. The minimum absolute atomic E-state index is 0.233. The molecule has 27 heavy (non-hydrogen) atoms. The highest BCUT2D eigenvalue weighted by atomic mass is 35.5. The summed E-state index contributed by atoms with van der Waals surface area (Å²) in [6, 6.07) is 12.3. The van der Waals surface area contributed by atoms with Gasteiger partial charge in [0.25, 0.3) is 5.89 Å². The van der Waals surface area contributed by atoms with Crippen LogP contribution in [0.3, 0.4) is 0 Å². The van der Waals surface area contributed by atoms with Gasteiger partial charge in [0, 0.05) is 20.0 Å². The monoisotopic (exact) mass is 405 g/mol. The van der Waals surface area contributed by atoms with Crippen molar-refractivity contribution in [3.05, 3.63) is 64.4 Å². The molecule has 0 saturated heterocycles. The molecule has 0 aliphatic rings. The van der Waals surface area contributed by atoms with Crippen molar-refractivity contribution in [2.75, 3.05) is 13.6 Å². The summed E-state index contributed by atoms with van der Waals surface area (Å²) in [5, 5.41) is 4.44. The SMILES string of the molecule is Cc1ccc(S(=O)(=O)N(C)CCc2noc(-c3ccccc3Cl)n2)cc1C. The molecule has 0 aliphatic carbocycles. The first-order valence-electron chi connectivity index (χ1n) is 8.40. The lowest BCUT2D eigenvalue weighted by Crippen LogP contribution is -2.29. The smallest absolute Gasteiger partial charge is 0.259 e. The zero-order chi connectivity index (χ0) is 19.6. The highest BCUT2D eigenvalue weighted by Gasteiger charge is 2.22. The molecule has 8 heteroatoms. The molecule has 0 radical (unpaired) electrons. The number of hydrogen-bond acceptors (Lipinski definition) is 5. The first-order valence-corrected chi connectivity index (χ1v) is 10.2. The molecule has 0 amide bonds. The fourth-order valence-electron chi connectivity index (χ4n) is 2.53. The molecule has 6 nitrogen and oxygen atoms in total. The highest BCUT2D eigenvalue weighted by molar-refractivity contribution is 7.89. The Morgan fingerprint density at radius 1 is 1.11 bits per heavy atom. The molecule has 0 saturated carbocycles. The summed E-state index contributed by atoms with van der Waals surface area (Å²) in [7, 11) is -2.03. The van der Waals surface area contributed by atoms with E-state index in [1.165, 1.54) is 4.31 Å². The van der Waals surface area contributed by atoms with Gasteiger partial charge in [0.2, 0.25) is 10.0 Å². The van der Waals surface area contributed by atoms with Gasteiger partial charge in [0.15, 0.2) is 5.82 Å². The van der Waals surface area contributed by atoms with E-state index in [9.17, 15) is 8.42 Å². The molecule has 0 fully saturated rings. The molecule has 0 spiro atoms. The van der Waals surface area contributed by atoms with Crippen LogP contribution in [0.5, 0.6) is 0 Å². The van der Waals surface area contributed by atoms with Crippen LogP contribution in [0.2, 0.25) is 5.02 Å². The summed E-state index contributed by atoms with van der Waals surface area (Å²) in [5.74, 6) is 0.738. The Hall–Kier alpha value is -2.22. The molecule has 3 rings (SSSR count). The van der Waals surface area contributed by atoms with Gasteiger partial charge in [-0.1, -0.05) is 35.0 Å². The normalized spacial score (nSPS) is 11.9. The van der Waals surface area contributed by atoms with Crippen LogP contribution in [-0.4, -0.2) is 36.5 Å². The number of halogens is 1. The fraction of sp³-hybridized carbons (Fsp3) is 0.263. The Balaban J connectivity index is 1.71. The lowest BCUT2D eigenvalue weighted by molar-refractivity contribution is 0.415. The average Bonchev–Trinajstić information content (AvgIpc) is 3.11. The molecular weight excluding hydrogens is 386 g/mol. The number of hydrogen-bond donors (Lipinski definition) is 0. The molecule has 0 unspecified atom stereocenters. The van der Waals surface area contributed by atoms with Crippen molar-refractivity contribution in [2.24, 2.45) is 0 Å². The van der Waals surface area contributed by atoms with E-state index in [1.807, 2.05) is 32.0 Å². The first kappa shape index (κ1) is 19.5. The fourth-order valence-corrected chi connectivity index (χ4v) is 4.01. The van der Waals surface area contributed by atoms with E-state index in [1.54, 1.807) is 31.3 Å². The Kier molecular flexibility index (Phi) is 5.64. The second-order valence-electron chi connectivity index (χ2n) is 6.32.